The quantitative estimate of drug-likeness (QED) is 0.428. The van der Waals surface area contributed by atoms with E-state index in [1.165, 1.54) is 32.0 Å². The molecule has 2 heterocycles. The predicted molar refractivity (Wildman–Crippen MR) is 114 cm³/mol. The first-order valence-corrected chi connectivity index (χ1v) is 10.0. The molecule has 9 heteroatoms. The monoisotopic (exact) mass is 440 g/mol. The highest BCUT2D eigenvalue weighted by molar-refractivity contribution is 6.23. The van der Waals surface area contributed by atoms with Crippen LogP contribution in [0.2, 0.25) is 0 Å². The number of esters is 1. The van der Waals surface area contributed by atoms with E-state index in [0.717, 1.165) is 4.90 Å². The van der Waals surface area contributed by atoms with E-state index in [1.807, 2.05) is 0 Å². The molecular formula is C23H24N2O7. The topological polar surface area (TPSA) is 123 Å². The lowest BCUT2D eigenvalue weighted by molar-refractivity contribution is 0.0500. The van der Waals surface area contributed by atoms with Gasteiger partial charge in [0.25, 0.3) is 17.7 Å². The summed E-state index contributed by atoms with van der Waals surface area (Å²) in [6, 6.07) is 4.14. The van der Waals surface area contributed by atoms with Gasteiger partial charge in [-0.15, -0.1) is 0 Å². The molecule has 3 rings (SSSR count). The molecule has 168 valence electrons. The minimum atomic E-state index is -0.805. The summed E-state index contributed by atoms with van der Waals surface area (Å²) in [7, 11) is 0. The number of hydrogen-bond donors (Lipinski definition) is 1. The first-order chi connectivity index (χ1) is 14.9. The number of benzene rings is 1. The lowest BCUT2D eigenvalue weighted by Gasteiger charge is -2.29. The smallest absolute Gasteiger partial charge is 0.344 e. The third-order valence-corrected chi connectivity index (χ3v) is 4.96. The van der Waals surface area contributed by atoms with Gasteiger partial charge in [0, 0.05) is 11.1 Å². The van der Waals surface area contributed by atoms with Crippen LogP contribution in [0.15, 0.2) is 22.6 Å². The number of carbonyl (C=O) groups is 5. The van der Waals surface area contributed by atoms with Gasteiger partial charge in [-0.3, -0.25) is 29.4 Å². The van der Waals surface area contributed by atoms with E-state index < -0.39 is 35.0 Å². The van der Waals surface area contributed by atoms with E-state index in [9.17, 15) is 24.0 Å². The van der Waals surface area contributed by atoms with Crippen LogP contribution >= 0.6 is 0 Å². The summed E-state index contributed by atoms with van der Waals surface area (Å²) >= 11 is 0. The van der Waals surface area contributed by atoms with Crippen molar-refractivity contribution in [2.24, 2.45) is 0 Å². The number of hydrogen-bond acceptors (Lipinski definition) is 7. The molecule has 3 amide bonds. The molecule has 9 nitrogen and oxygen atoms in total. The van der Waals surface area contributed by atoms with Crippen molar-refractivity contribution in [2.75, 3.05) is 11.9 Å². The normalized spacial score (nSPS) is 13.2. The average molecular weight is 440 g/mol. The number of amides is 3. The second kappa shape index (κ2) is 8.07. The van der Waals surface area contributed by atoms with Gasteiger partial charge in [0.2, 0.25) is 5.88 Å². The van der Waals surface area contributed by atoms with Gasteiger partial charge in [-0.05, 0) is 59.7 Å². The molecule has 0 bridgehead atoms. The predicted octanol–water partition coefficient (Wildman–Crippen LogP) is 3.61. The molecule has 0 atom stereocenters. The first kappa shape index (κ1) is 22.9. The summed E-state index contributed by atoms with van der Waals surface area (Å²) in [5.74, 6) is -2.90. The van der Waals surface area contributed by atoms with Crippen LogP contribution in [0.4, 0.5) is 5.88 Å². The number of rotatable bonds is 5. The summed E-state index contributed by atoms with van der Waals surface area (Å²) in [6.45, 7) is 9.67. The van der Waals surface area contributed by atoms with Crippen LogP contribution in [-0.2, 0) is 4.74 Å². The second-order valence-corrected chi connectivity index (χ2v) is 8.35. The zero-order valence-electron chi connectivity index (χ0n) is 18.7. The van der Waals surface area contributed by atoms with Crippen LogP contribution in [0.1, 0.15) is 92.2 Å². The number of ketones is 1. The molecule has 1 aromatic heterocycles. The van der Waals surface area contributed by atoms with Gasteiger partial charge in [0.05, 0.1) is 23.3 Å². The molecule has 1 aromatic carbocycles. The highest BCUT2D eigenvalue weighted by Gasteiger charge is 2.42. The van der Waals surface area contributed by atoms with Gasteiger partial charge in [0.15, 0.2) is 5.78 Å². The number of imide groups is 1. The largest absolute Gasteiger partial charge is 0.462 e. The summed E-state index contributed by atoms with van der Waals surface area (Å²) in [5.41, 5.74) is -0.469. The van der Waals surface area contributed by atoms with Crippen LogP contribution in [0.25, 0.3) is 0 Å². The molecule has 1 aliphatic heterocycles. The number of anilines is 1. The Bertz CT molecular complexity index is 1170. The van der Waals surface area contributed by atoms with Crippen LogP contribution in [0, 0.1) is 6.92 Å². The number of carbonyl (C=O) groups excluding carboxylic acids is 5. The van der Waals surface area contributed by atoms with Gasteiger partial charge in [0.1, 0.15) is 11.3 Å². The van der Waals surface area contributed by atoms with Crippen molar-refractivity contribution in [2.45, 2.75) is 47.1 Å². The number of ether oxygens (including phenoxy) is 1. The number of nitrogens with zero attached hydrogens (tertiary/aromatic N) is 1. The van der Waals surface area contributed by atoms with E-state index >= 15 is 0 Å². The zero-order chi connectivity index (χ0) is 24.0. The Balaban J connectivity index is 1.97. The Labute approximate surface area is 184 Å². The summed E-state index contributed by atoms with van der Waals surface area (Å²) in [6.07, 6.45) is 0. The van der Waals surface area contributed by atoms with Gasteiger partial charge in [-0.1, -0.05) is 0 Å². The molecule has 0 saturated heterocycles. The molecule has 1 N–H and O–H groups in total. The third-order valence-electron chi connectivity index (χ3n) is 4.96. The van der Waals surface area contributed by atoms with Crippen molar-refractivity contribution in [3.63, 3.8) is 0 Å². The second-order valence-electron chi connectivity index (χ2n) is 8.35. The maximum atomic E-state index is 12.9. The molecule has 0 radical (unpaired) electrons. The van der Waals surface area contributed by atoms with E-state index in [2.05, 4.69) is 5.32 Å². The van der Waals surface area contributed by atoms with Gasteiger partial charge in [-0.2, -0.15) is 0 Å². The zero-order valence-corrected chi connectivity index (χ0v) is 18.7. The fraction of sp³-hybridized carbons (Fsp3) is 0.348. The average Bonchev–Trinajstić information content (AvgIpc) is 3.15. The van der Waals surface area contributed by atoms with Crippen molar-refractivity contribution < 1.29 is 33.1 Å². The highest BCUT2D eigenvalue weighted by Crippen LogP contribution is 2.31. The summed E-state index contributed by atoms with van der Waals surface area (Å²) in [4.78, 5) is 63.9. The van der Waals surface area contributed by atoms with Gasteiger partial charge in [-0.25, -0.2) is 4.79 Å². The maximum Gasteiger partial charge on any atom is 0.344 e. The van der Waals surface area contributed by atoms with Crippen molar-refractivity contribution in [3.05, 3.63) is 51.8 Å². The molecule has 2 aromatic rings. The van der Waals surface area contributed by atoms with Crippen molar-refractivity contribution in [1.29, 1.82) is 0 Å². The third kappa shape index (κ3) is 3.81. The molecular weight excluding hydrogens is 416 g/mol. The van der Waals surface area contributed by atoms with Crippen LogP contribution in [0.5, 0.6) is 0 Å². The Kier molecular flexibility index (Phi) is 5.78. The van der Waals surface area contributed by atoms with E-state index in [1.54, 1.807) is 27.7 Å². The number of nitrogens with one attached hydrogen (secondary N) is 1. The number of furan rings is 1. The number of Topliss-reactive ketones (excluding diaryl/α,β-unsaturated/α-hetero) is 1. The SMILES string of the molecule is CCOC(=O)c1c(NC(=O)c2ccc3c(c2)C(=O)N(C(C)(C)C)C3=O)oc(C)c1C(C)=O. The molecule has 0 fully saturated rings. The number of aryl methyl sites for hydroxylation is 1. The van der Waals surface area contributed by atoms with Crippen LogP contribution in [-0.4, -0.2) is 46.5 Å². The number of fused-ring (bicyclic) bond motifs is 1. The summed E-state index contributed by atoms with van der Waals surface area (Å²) < 4.78 is 10.5. The van der Waals surface area contributed by atoms with Gasteiger partial charge < -0.3 is 9.15 Å². The minimum Gasteiger partial charge on any atom is -0.462 e. The molecule has 0 unspecified atom stereocenters. The van der Waals surface area contributed by atoms with Crippen LogP contribution in [0.3, 0.4) is 0 Å². The lowest BCUT2D eigenvalue weighted by Crippen LogP contribution is -2.45. The molecule has 0 spiro atoms. The van der Waals surface area contributed by atoms with E-state index in [4.69, 9.17) is 9.15 Å². The van der Waals surface area contributed by atoms with E-state index in [0.29, 0.717) is 0 Å². The van der Waals surface area contributed by atoms with Crippen molar-refractivity contribution >= 4 is 35.4 Å². The summed E-state index contributed by atoms with van der Waals surface area (Å²) in [5, 5.41) is 2.47. The highest BCUT2D eigenvalue weighted by atomic mass is 16.5. The molecule has 32 heavy (non-hydrogen) atoms. The Morgan fingerprint density at radius 2 is 1.69 bits per heavy atom. The van der Waals surface area contributed by atoms with E-state index in [-0.39, 0.29) is 46.1 Å². The molecule has 0 saturated carbocycles. The van der Waals surface area contributed by atoms with Crippen LogP contribution < -0.4 is 5.32 Å². The maximum absolute atomic E-state index is 12.9. The Morgan fingerprint density at radius 1 is 1.06 bits per heavy atom. The minimum absolute atomic E-state index is 0.0225. The van der Waals surface area contributed by atoms with Crippen molar-refractivity contribution in [3.8, 4) is 0 Å². The fourth-order valence-corrected chi connectivity index (χ4v) is 3.62. The molecule has 0 aliphatic carbocycles. The fourth-order valence-electron chi connectivity index (χ4n) is 3.62. The standard InChI is InChI=1S/C23H24N2O7/c1-7-31-22(30)17-16(11(2)26)12(3)32-19(17)24-18(27)13-8-9-14-15(10-13)21(29)25(20(14)28)23(4,5)6/h8-10H,7H2,1-6H3,(H,24,27). The molecule has 1 aliphatic rings. The van der Waals surface area contributed by atoms with Crippen molar-refractivity contribution in [1.82, 2.24) is 4.90 Å². The Hall–Kier alpha value is -3.75. The first-order valence-electron chi connectivity index (χ1n) is 10.0. The van der Waals surface area contributed by atoms with Gasteiger partial charge >= 0.3 is 5.97 Å². The lowest BCUT2D eigenvalue weighted by atomic mass is 10.0. The Morgan fingerprint density at radius 3 is 2.25 bits per heavy atom.